The van der Waals surface area contributed by atoms with Crippen LogP contribution >= 0.6 is 11.8 Å². The number of nitrogen functional groups attached to an aromatic ring is 1. The van der Waals surface area contributed by atoms with Gasteiger partial charge >= 0.3 is 5.97 Å². The SMILES string of the molecule is COC(=O)c1ccc(N2CCSCC2S(C)(=O)=O)c(N)c1. The Bertz CT molecular complexity index is 646. The molecule has 0 radical (unpaired) electrons. The Morgan fingerprint density at radius 1 is 1.48 bits per heavy atom. The van der Waals surface area contributed by atoms with Gasteiger partial charge in [0, 0.05) is 24.3 Å². The van der Waals surface area contributed by atoms with E-state index in [1.807, 2.05) is 0 Å². The highest BCUT2D eigenvalue weighted by molar-refractivity contribution is 8.01. The third-order valence-electron chi connectivity index (χ3n) is 3.34. The van der Waals surface area contributed by atoms with Crippen molar-refractivity contribution in [1.82, 2.24) is 0 Å². The number of carbonyl (C=O) groups is 1. The molecule has 1 aliphatic heterocycles. The van der Waals surface area contributed by atoms with Gasteiger partial charge in [0.25, 0.3) is 0 Å². The maximum Gasteiger partial charge on any atom is 0.337 e. The zero-order chi connectivity index (χ0) is 15.6. The molecular formula is C13H18N2O4S2. The fourth-order valence-corrected chi connectivity index (χ4v) is 5.10. The molecule has 0 saturated carbocycles. The molecule has 0 spiro atoms. The van der Waals surface area contributed by atoms with Crippen molar-refractivity contribution in [2.45, 2.75) is 5.37 Å². The van der Waals surface area contributed by atoms with Gasteiger partial charge in [0.2, 0.25) is 0 Å². The zero-order valence-corrected chi connectivity index (χ0v) is 13.5. The van der Waals surface area contributed by atoms with Crippen molar-refractivity contribution in [3.8, 4) is 0 Å². The van der Waals surface area contributed by atoms with E-state index in [0.717, 1.165) is 5.75 Å². The van der Waals surface area contributed by atoms with Crippen molar-refractivity contribution in [3.05, 3.63) is 23.8 Å². The van der Waals surface area contributed by atoms with Crippen LogP contribution in [0, 0.1) is 0 Å². The van der Waals surface area contributed by atoms with Crippen LogP contribution in [-0.4, -0.2) is 51.2 Å². The van der Waals surface area contributed by atoms with Crippen LogP contribution in [-0.2, 0) is 14.6 Å². The lowest BCUT2D eigenvalue weighted by molar-refractivity contribution is 0.0601. The van der Waals surface area contributed by atoms with Crippen LogP contribution in [0.1, 0.15) is 10.4 Å². The van der Waals surface area contributed by atoms with Crippen molar-refractivity contribution in [2.75, 3.05) is 42.0 Å². The number of nitrogens with zero attached hydrogens (tertiary/aromatic N) is 1. The van der Waals surface area contributed by atoms with E-state index in [0.29, 0.717) is 29.2 Å². The third-order valence-corrected chi connectivity index (χ3v) is 5.98. The van der Waals surface area contributed by atoms with Crippen LogP contribution in [0.15, 0.2) is 18.2 Å². The smallest absolute Gasteiger partial charge is 0.337 e. The molecule has 1 atom stereocenters. The van der Waals surface area contributed by atoms with Crippen LogP contribution in [0.4, 0.5) is 11.4 Å². The second kappa shape index (κ2) is 6.15. The van der Waals surface area contributed by atoms with Crippen molar-refractivity contribution in [1.29, 1.82) is 0 Å². The van der Waals surface area contributed by atoms with E-state index in [-0.39, 0.29) is 0 Å². The van der Waals surface area contributed by atoms with Gasteiger partial charge in [0.05, 0.1) is 24.0 Å². The standard InChI is InChI=1S/C13H18N2O4S2/c1-19-13(16)9-3-4-11(10(14)7-9)15-5-6-20-8-12(15)21(2,17)18/h3-4,7,12H,5-6,8,14H2,1-2H3. The highest BCUT2D eigenvalue weighted by atomic mass is 32.2. The quantitative estimate of drug-likeness (QED) is 0.652. The van der Waals surface area contributed by atoms with Gasteiger partial charge < -0.3 is 15.4 Å². The number of sulfone groups is 1. The molecule has 0 amide bonds. The second-order valence-electron chi connectivity index (χ2n) is 4.82. The fourth-order valence-electron chi connectivity index (χ4n) is 2.27. The number of carbonyl (C=O) groups excluding carboxylic acids is 1. The highest BCUT2D eigenvalue weighted by Crippen LogP contribution is 2.31. The Morgan fingerprint density at radius 2 is 2.19 bits per heavy atom. The first-order valence-electron chi connectivity index (χ1n) is 6.35. The lowest BCUT2D eigenvalue weighted by Gasteiger charge is -2.36. The number of thioether (sulfide) groups is 1. The Morgan fingerprint density at radius 3 is 2.76 bits per heavy atom. The van der Waals surface area contributed by atoms with Gasteiger partial charge in [-0.3, -0.25) is 0 Å². The molecule has 1 unspecified atom stereocenters. The molecule has 116 valence electrons. The number of rotatable bonds is 3. The molecule has 1 aromatic carbocycles. The summed E-state index contributed by atoms with van der Waals surface area (Å²) in [5, 5.41) is -0.595. The monoisotopic (exact) mass is 330 g/mol. The number of ether oxygens (including phenoxy) is 1. The molecular weight excluding hydrogens is 312 g/mol. The Balaban J connectivity index is 2.38. The predicted octanol–water partition coefficient (Wildman–Crippen LogP) is 0.979. The normalized spacial score (nSPS) is 19.3. The van der Waals surface area contributed by atoms with Crippen LogP contribution in [0.3, 0.4) is 0 Å². The minimum atomic E-state index is -3.21. The van der Waals surface area contributed by atoms with Crippen molar-refractivity contribution in [2.24, 2.45) is 0 Å². The first-order valence-corrected chi connectivity index (χ1v) is 9.46. The van der Waals surface area contributed by atoms with Gasteiger partial charge in [0.15, 0.2) is 9.84 Å². The molecule has 1 fully saturated rings. The third kappa shape index (κ3) is 3.44. The summed E-state index contributed by atoms with van der Waals surface area (Å²) in [6, 6.07) is 4.79. The maximum atomic E-state index is 11.9. The molecule has 1 heterocycles. The molecule has 0 aromatic heterocycles. The highest BCUT2D eigenvalue weighted by Gasteiger charge is 2.32. The van der Waals surface area contributed by atoms with Crippen LogP contribution in [0.2, 0.25) is 0 Å². The first-order chi connectivity index (χ1) is 9.84. The Labute approximate surface area is 128 Å². The van der Waals surface area contributed by atoms with Crippen molar-refractivity contribution in [3.63, 3.8) is 0 Å². The van der Waals surface area contributed by atoms with E-state index >= 15 is 0 Å². The topological polar surface area (TPSA) is 89.7 Å². The number of benzene rings is 1. The Kier molecular flexibility index (Phi) is 4.67. The number of methoxy groups -OCH3 is 1. The van der Waals surface area contributed by atoms with Gasteiger partial charge in [-0.2, -0.15) is 11.8 Å². The molecule has 1 aliphatic rings. The number of hydrogen-bond acceptors (Lipinski definition) is 7. The van der Waals surface area contributed by atoms with Gasteiger partial charge in [-0.05, 0) is 18.2 Å². The molecule has 0 aliphatic carbocycles. The minimum Gasteiger partial charge on any atom is -0.465 e. The molecule has 21 heavy (non-hydrogen) atoms. The number of anilines is 2. The zero-order valence-electron chi connectivity index (χ0n) is 11.9. The molecule has 1 saturated heterocycles. The van der Waals surface area contributed by atoms with Gasteiger partial charge in [0.1, 0.15) is 5.37 Å². The lowest BCUT2D eigenvalue weighted by Crippen LogP contribution is -2.47. The van der Waals surface area contributed by atoms with Gasteiger partial charge in [-0.1, -0.05) is 0 Å². The van der Waals surface area contributed by atoms with E-state index in [4.69, 9.17) is 5.73 Å². The van der Waals surface area contributed by atoms with E-state index in [1.165, 1.54) is 19.4 Å². The second-order valence-corrected chi connectivity index (χ2v) is 8.17. The summed E-state index contributed by atoms with van der Waals surface area (Å²) in [7, 11) is -1.91. The van der Waals surface area contributed by atoms with Crippen LogP contribution in [0.5, 0.6) is 0 Å². The summed E-state index contributed by atoms with van der Waals surface area (Å²) in [6.07, 6.45) is 1.23. The first kappa shape index (κ1) is 16.0. The maximum absolute atomic E-state index is 11.9. The molecule has 6 nitrogen and oxygen atoms in total. The summed E-state index contributed by atoms with van der Waals surface area (Å²) in [6.45, 7) is 0.601. The molecule has 1 aromatic rings. The van der Waals surface area contributed by atoms with Gasteiger partial charge in [-0.25, -0.2) is 13.2 Å². The Hall–Kier alpha value is -1.41. The van der Waals surface area contributed by atoms with Crippen molar-refractivity contribution >= 4 is 38.9 Å². The molecule has 0 bridgehead atoms. The van der Waals surface area contributed by atoms with Crippen LogP contribution < -0.4 is 10.6 Å². The fraction of sp³-hybridized carbons (Fsp3) is 0.462. The molecule has 2 rings (SSSR count). The van der Waals surface area contributed by atoms with E-state index < -0.39 is 21.2 Å². The average Bonchev–Trinajstić information content (AvgIpc) is 2.45. The summed E-state index contributed by atoms with van der Waals surface area (Å²) in [5.74, 6) is 0.878. The number of hydrogen-bond donors (Lipinski definition) is 1. The minimum absolute atomic E-state index is 0.348. The predicted molar refractivity (Wildman–Crippen MR) is 85.5 cm³/mol. The summed E-state index contributed by atoms with van der Waals surface area (Å²) in [4.78, 5) is 13.3. The largest absolute Gasteiger partial charge is 0.465 e. The number of esters is 1. The molecule has 2 N–H and O–H groups in total. The average molecular weight is 330 g/mol. The van der Waals surface area contributed by atoms with E-state index in [2.05, 4.69) is 4.74 Å². The summed E-state index contributed by atoms with van der Waals surface area (Å²) >= 11 is 1.61. The van der Waals surface area contributed by atoms with Crippen molar-refractivity contribution < 1.29 is 17.9 Å². The molecule has 8 heteroatoms. The van der Waals surface area contributed by atoms with E-state index in [1.54, 1.807) is 28.8 Å². The number of nitrogens with two attached hydrogens (primary N) is 1. The summed E-state index contributed by atoms with van der Waals surface area (Å²) < 4.78 is 28.5. The lowest BCUT2D eigenvalue weighted by atomic mass is 10.1. The summed E-state index contributed by atoms with van der Waals surface area (Å²) in [5.41, 5.74) is 7.36. The van der Waals surface area contributed by atoms with Gasteiger partial charge in [-0.15, -0.1) is 0 Å². The van der Waals surface area contributed by atoms with Crippen LogP contribution in [0.25, 0.3) is 0 Å². The van der Waals surface area contributed by atoms with E-state index in [9.17, 15) is 13.2 Å².